The Balaban J connectivity index is 2.65. The van der Waals surface area contributed by atoms with Crippen LogP contribution in [-0.4, -0.2) is 42.5 Å². The van der Waals surface area contributed by atoms with Crippen LogP contribution in [-0.2, 0) is 9.53 Å². The Labute approximate surface area is 100 Å². The van der Waals surface area contributed by atoms with Gasteiger partial charge < -0.3 is 10.1 Å². The van der Waals surface area contributed by atoms with Crippen molar-refractivity contribution in [2.75, 3.05) is 25.8 Å². The van der Waals surface area contributed by atoms with E-state index in [0.717, 1.165) is 25.8 Å². The maximum absolute atomic E-state index is 11.8. The molecule has 0 amide bonds. The van der Waals surface area contributed by atoms with E-state index >= 15 is 0 Å². The van der Waals surface area contributed by atoms with Gasteiger partial charge in [0, 0.05) is 17.7 Å². The van der Waals surface area contributed by atoms with Crippen LogP contribution in [0.1, 0.15) is 19.3 Å². The van der Waals surface area contributed by atoms with Gasteiger partial charge in [-0.3, -0.25) is 4.79 Å². The van der Waals surface area contributed by atoms with Gasteiger partial charge in [0.25, 0.3) is 0 Å². The Morgan fingerprint density at radius 3 is 2.93 bits per heavy atom. The molecule has 0 unspecified atom stereocenters. The van der Waals surface area contributed by atoms with Gasteiger partial charge in [-0.05, 0) is 25.5 Å². The smallest absolute Gasteiger partial charge is 0.326 e. The van der Waals surface area contributed by atoms with Gasteiger partial charge in [-0.25, -0.2) is 0 Å². The maximum atomic E-state index is 11.8. The molecule has 1 aliphatic rings. The van der Waals surface area contributed by atoms with Crippen molar-refractivity contribution in [3.63, 3.8) is 0 Å². The molecule has 3 nitrogen and oxygen atoms in total. The first-order valence-electron chi connectivity index (χ1n) is 5.10. The lowest BCUT2D eigenvalue weighted by molar-refractivity contribution is -0.148. The molecule has 1 rings (SSSR count). The zero-order chi connectivity index (χ0) is 11.3. The van der Waals surface area contributed by atoms with Gasteiger partial charge in [0.15, 0.2) is 0 Å². The number of alkyl halides is 1. The van der Waals surface area contributed by atoms with Gasteiger partial charge in [0.1, 0.15) is 5.54 Å². The summed E-state index contributed by atoms with van der Waals surface area (Å²) < 4.78 is 4.87. The largest absolute Gasteiger partial charge is 0.468 e. The highest BCUT2D eigenvalue weighted by Gasteiger charge is 2.45. The fourth-order valence-corrected chi connectivity index (χ4v) is 2.86. The van der Waals surface area contributed by atoms with Crippen molar-refractivity contribution in [2.45, 2.75) is 30.1 Å². The average Bonchev–Trinajstić information content (AvgIpc) is 2.70. The van der Waals surface area contributed by atoms with Gasteiger partial charge in [-0.1, -0.05) is 0 Å². The Hall–Kier alpha value is 0.0700. The highest BCUT2D eigenvalue weighted by atomic mass is 35.5. The minimum Gasteiger partial charge on any atom is -0.468 e. The number of rotatable bonds is 5. The topological polar surface area (TPSA) is 38.3 Å². The molecule has 0 aromatic heterocycles. The molecule has 0 aromatic rings. The first-order valence-corrected chi connectivity index (χ1v) is 6.93. The van der Waals surface area contributed by atoms with E-state index in [1.165, 1.54) is 7.11 Å². The summed E-state index contributed by atoms with van der Waals surface area (Å²) >= 11 is 7.47. The molecule has 0 radical (unpaired) electrons. The summed E-state index contributed by atoms with van der Waals surface area (Å²) in [7, 11) is 1.44. The first kappa shape index (κ1) is 13.1. The number of ether oxygens (including phenoxy) is 1. The summed E-state index contributed by atoms with van der Waals surface area (Å²) in [5.74, 6) is 0.439. The number of halogens is 1. The molecule has 1 N–H and O–H groups in total. The maximum Gasteiger partial charge on any atom is 0.326 e. The third kappa shape index (κ3) is 3.02. The van der Waals surface area contributed by atoms with Gasteiger partial charge in [-0.15, -0.1) is 11.6 Å². The molecule has 1 fully saturated rings. The lowest BCUT2D eigenvalue weighted by Gasteiger charge is -2.26. The number of nitrogens with one attached hydrogen (secondary N) is 1. The monoisotopic (exact) mass is 251 g/mol. The standard InChI is InChI=1S/C10H18ClNO2S/c1-14-9(13)10(4-3-5-11)6-8(15-2)7-12-10/h8,12H,3-7H2,1-2H3/t8-,10-/m1/s1. The fraction of sp³-hybridized carbons (Fsp3) is 0.900. The van der Waals surface area contributed by atoms with Crippen LogP contribution in [0.2, 0.25) is 0 Å². The summed E-state index contributed by atoms with van der Waals surface area (Å²) in [6.07, 6.45) is 4.52. The van der Waals surface area contributed by atoms with Crippen molar-refractivity contribution in [2.24, 2.45) is 0 Å². The van der Waals surface area contributed by atoms with E-state index in [0.29, 0.717) is 11.1 Å². The molecule has 15 heavy (non-hydrogen) atoms. The molecule has 0 aliphatic carbocycles. The fourth-order valence-electron chi connectivity index (χ4n) is 2.02. The molecule has 0 bridgehead atoms. The summed E-state index contributed by atoms with van der Waals surface area (Å²) in [5, 5.41) is 3.80. The Kier molecular flexibility index (Phi) is 5.23. The Morgan fingerprint density at radius 1 is 1.73 bits per heavy atom. The third-order valence-electron chi connectivity index (χ3n) is 2.89. The van der Waals surface area contributed by atoms with Crippen LogP contribution in [0, 0.1) is 0 Å². The van der Waals surface area contributed by atoms with Crippen LogP contribution in [0.15, 0.2) is 0 Å². The van der Waals surface area contributed by atoms with Crippen molar-refractivity contribution in [3.05, 3.63) is 0 Å². The summed E-state index contributed by atoms with van der Waals surface area (Å²) in [6, 6.07) is 0. The highest BCUT2D eigenvalue weighted by molar-refractivity contribution is 7.99. The van der Waals surface area contributed by atoms with Gasteiger partial charge >= 0.3 is 5.97 Å². The number of carbonyl (C=O) groups is 1. The Bertz CT molecular complexity index is 227. The second kappa shape index (κ2) is 5.97. The third-order valence-corrected chi connectivity index (χ3v) is 4.16. The van der Waals surface area contributed by atoms with E-state index in [1.807, 2.05) is 0 Å². The lowest BCUT2D eigenvalue weighted by atomic mass is 9.92. The van der Waals surface area contributed by atoms with E-state index < -0.39 is 5.54 Å². The molecule has 0 saturated carbocycles. The van der Waals surface area contributed by atoms with Crippen LogP contribution in [0.5, 0.6) is 0 Å². The van der Waals surface area contributed by atoms with Crippen molar-refractivity contribution in [3.8, 4) is 0 Å². The molecule has 1 aliphatic heterocycles. The predicted octanol–water partition coefficient (Wildman–Crippen LogP) is 1.64. The zero-order valence-corrected chi connectivity index (χ0v) is 10.8. The Morgan fingerprint density at radius 2 is 2.47 bits per heavy atom. The summed E-state index contributed by atoms with van der Waals surface area (Å²) in [4.78, 5) is 11.8. The molecule has 1 heterocycles. The molecule has 88 valence electrons. The molecular formula is C10H18ClNO2S. The summed E-state index contributed by atoms with van der Waals surface area (Å²) in [5.41, 5.74) is -0.489. The molecular weight excluding hydrogens is 234 g/mol. The van der Waals surface area contributed by atoms with Gasteiger partial charge in [-0.2, -0.15) is 11.8 Å². The quantitative estimate of drug-likeness (QED) is 0.596. The average molecular weight is 252 g/mol. The number of esters is 1. The zero-order valence-electron chi connectivity index (χ0n) is 9.22. The van der Waals surface area contributed by atoms with Crippen LogP contribution in [0.3, 0.4) is 0 Å². The second-order valence-electron chi connectivity index (χ2n) is 3.81. The number of hydrogen-bond acceptors (Lipinski definition) is 4. The van der Waals surface area contributed by atoms with Crippen LogP contribution >= 0.6 is 23.4 Å². The number of thioether (sulfide) groups is 1. The molecule has 2 atom stereocenters. The molecule has 0 aromatic carbocycles. The van der Waals surface area contributed by atoms with Crippen LogP contribution < -0.4 is 5.32 Å². The van der Waals surface area contributed by atoms with Crippen molar-refractivity contribution in [1.29, 1.82) is 0 Å². The van der Waals surface area contributed by atoms with E-state index in [1.54, 1.807) is 11.8 Å². The predicted molar refractivity (Wildman–Crippen MR) is 64.6 cm³/mol. The number of methoxy groups -OCH3 is 1. The van der Waals surface area contributed by atoms with Crippen molar-refractivity contribution in [1.82, 2.24) is 5.32 Å². The van der Waals surface area contributed by atoms with E-state index in [-0.39, 0.29) is 5.97 Å². The molecule has 0 spiro atoms. The van der Waals surface area contributed by atoms with E-state index in [2.05, 4.69) is 11.6 Å². The van der Waals surface area contributed by atoms with Crippen molar-refractivity contribution < 1.29 is 9.53 Å². The lowest BCUT2D eigenvalue weighted by Crippen LogP contribution is -2.48. The minimum absolute atomic E-state index is 0.149. The van der Waals surface area contributed by atoms with Crippen LogP contribution in [0.25, 0.3) is 0 Å². The van der Waals surface area contributed by atoms with Gasteiger partial charge in [0.05, 0.1) is 7.11 Å². The highest BCUT2D eigenvalue weighted by Crippen LogP contribution is 2.31. The van der Waals surface area contributed by atoms with E-state index in [4.69, 9.17) is 16.3 Å². The molecule has 5 heteroatoms. The SMILES string of the molecule is COC(=O)[C@@]1(CCCCl)C[C@@H](SC)CN1. The normalized spacial score (nSPS) is 30.5. The van der Waals surface area contributed by atoms with Crippen molar-refractivity contribution >= 4 is 29.3 Å². The second-order valence-corrected chi connectivity index (χ2v) is 5.32. The summed E-state index contributed by atoms with van der Waals surface area (Å²) in [6.45, 7) is 0.874. The minimum atomic E-state index is -0.489. The van der Waals surface area contributed by atoms with E-state index in [9.17, 15) is 4.79 Å². The van der Waals surface area contributed by atoms with Crippen LogP contribution in [0.4, 0.5) is 0 Å². The molecule has 1 saturated heterocycles. The van der Waals surface area contributed by atoms with Gasteiger partial charge in [0.2, 0.25) is 0 Å². The number of carbonyl (C=O) groups excluding carboxylic acids is 1. The number of hydrogen-bond donors (Lipinski definition) is 1. The first-order chi connectivity index (χ1) is 7.18.